The van der Waals surface area contributed by atoms with Crippen molar-refractivity contribution in [2.75, 3.05) is 10.6 Å². The Morgan fingerprint density at radius 1 is 0.639 bits per heavy atom. The van der Waals surface area contributed by atoms with Gasteiger partial charge in [0, 0.05) is 33.0 Å². The van der Waals surface area contributed by atoms with E-state index in [-0.39, 0.29) is 22.8 Å². The van der Waals surface area contributed by atoms with Crippen LogP contribution >= 0.6 is 22.7 Å². The van der Waals surface area contributed by atoms with Gasteiger partial charge in [0.1, 0.15) is 11.6 Å². The molecule has 5 aromatic rings. The average Bonchev–Trinajstić information content (AvgIpc) is 3.55. The lowest BCUT2D eigenvalue weighted by molar-refractivity contribution is 0.102. The first-order chi connectivity index (χ1) is 17.4. The predicted molar refractivity (Wildman–Crippen MR) is 137 cm³/mol. The van der Waals surface area contributed by atoms with E-state index >= 15 is 0 Å². The molecule has 0 fully saturated rings. The smallest absolute Gasteiger partial charge is 0.257 e. The van der Waals surface area contributed by atoms with Crippen LogP contribution in [0.5, 0.6) is 0 Å². The Kier molecular flexibility index (Phi) is 6.61. The van der Waals surface area contributed by atoms with Gasteiger partial charge >= 0.3 is 0 Å². The minimum absolute atomic E-state index is 0.285. The molecule has 5 rings (SSSR count). The molecule has 0 saturated carbocycles. The molecule has 0 saturated heterocycles. The van der Waals surface area contributed by atoms with Crippen LogP contribution in [0, 0.1) is 11.6 Å². The van der Waals surface area contributed by atoms with E-state index in [1.54, 1.807) is 53.2 Å². The predicted octanol–water partition coefficient (Wildman–Crippen LogP) is 6.72. The van der Waals surface area contributed by atoms with Crippen LogP contribution in [0.1, 0.15) is 20.7 Å². The minimum atomic E-state index is -0.419. The van der Waals surface area contributed by atoms with Crippen molar-refractivity contribution in [2.45, 2.75) is 0 Å². The SMILES string of the molecule is O=C(Nc1nc(-c2ccc(F)cc2)cs1)c1cccc(C(=O)Nc2nc(-c3ccc(F)cc3)cs2)c1. The van der Waals surface area contributed by atoms with Crippen molar-refractivity contribution in [3.05, 3.63) is 106 Å². The molecule has 0 aliphatic heterocycles. The van der Waals surface area contributed by atoms with Gasteiger partial charge in [-0.1, -0.05) is 6.07 Å². The van der Waals surface area contributed by atoms with Crippen LogP contribution in [0.4, 0.5) is 19.0 Å². The fourth-order valence-electron chi connectivity index (χ4n) is 3.31. The first-order valence-corrected chi connectivity index (χ1v) is 12.4. The van der Waals surface area contributed by atoms with Crippen LogP contribution in [-0.2, 0) is 0 Å². The van der Waals surface area contributed by atoms with Crippen LogP contribution in [0.2, 0.25) is 0 Å². The minimum Gasteiger partial charge on any atom is -0.298 e. The highest BCUT2D eigenvalue weighted by atomic mass is 32.1. The van der Waals surface area contributed by atoms with E-state index in [0.717, 1.165) is 11.1 Å². The third-order valence-electron chi connectivity index (χ3n) is 5.12. The highest BCUT2D eigenvalue weighted by Crippen LogP contribution is 2.27. The van der Waals surface area contributed by atoms with Crippen LogP contribution in [-0.4, -0.2) is 21.8 Å². The third kappa shape index (κ3) is 5.35. The second kappa shape index (κ2) is 10.1. The van der Waals surface area contributed by atoms with Crippen LogP contribution in [0.25, 0.3) is 22.5 Å². The Morgan fingerprint density at radius 3 is 1.47 bits per heavy atom. The van der Waals surface area contributed by atoms with Crippen molar-refractivity contribution < 1.29 is 18.4 Å². The second-order valence-electron chi connectivity index (χ2n) is 7.58. The Balaban J connectivity index is 1.25. The maximum atomic E-state index is 13.1. The molecule has 2 N–H and O–H groups in total. The highest BCUT2D eigenvalue weighted by Gasteiger charge is 2.15. The van der Waals surface area contributed by atoms with Crippen molar-refractivity contribution in [3.8, 4) is 22.5 Å². The number of benzene rings is 3. The first kappa shape index (κ1) is 23.5. The van der Waals surface area contributed by atoms with Crippen molar-refractivity contribution in [3.63, 3.8) is 0 Å². The summed E-state index contributed by atoms with van der Waals surface area (Å²) in [7, 11) is 0. The fourth-order valence-corrected chi connectivity index (χ4v) is 4.74. The lowest BCUT2D eigenvalue weighted by atomic mass is 10.1. The number of hydrogen-bond acceptors (Lipinski definition) is 6. The lowest BCUT2D eigenvalue weighted by Crippen LogP contribution is -2.15. The number of carbonyl (C=O) groups excluding carboxylic acids is 2. The van der Waals surface area contributed by atoms with Gasteiger partial charge in [0.2, 0.25) is 0 Å². The summed E-state index contributed by atoms with van der Waals surface area (Å²) >= 11 is 2.48. The number of halogens is 2. The zero-order chi connectivity index (χ0) is 25.1. The number of rotatable bonds is 6. The van der Waals surface area contributed by atoms with E-state index in [4.69, 9.17) is 0 Å². The van der Waals surface area contributed by atoms with Gasteiger partial charge in [-0.15, -0.1) is 22.7 Å². The Hall–Kier alpha value is -4.28. The Bertz CT molecular complexity index is 1430. The van der Waals surface area contributed by atoms with E-state index in [0.29, 0.717) is 21.7 Å². The van der Waals surface area contributed by atoms with Gasteiger partial charge in [-0.3, -0.25) is 20.2 Å². The molecule has 2 aromatic heterocycles. The monoisotopic (exact) mass is 518 g/mol. The summed E-state index contributed by atoms with van der Waals surface area (Å²) in [6, 6.07) is 18.1. The van der Waals surface area contributed by atoms with Gasteiger partial charge in [0.25, 0.3) is 11.8 Å². The van der Waals surface area contributed by atoms with Gasteiger partial charge in [-0.05, 0) is 66.7 Å². The molecule has 2 heterocycles. The number of thiazole rings is 2. The normalized spacial score (nSPS) is 10.7. The summed E-state index contributed by atoms with van der Waals surface area (Å²) in [4.78, 5) is 34.3. The topological polar surface area (TPSA) is 84.0 Å². The summed E-state index contributed by atoms with van der Waals surface area (Å²) in [5.74, 6) is -1.51. The quantitative estimate of drug-likeness (QED) is 0.262. The van der Waals surface area contributed by atoms with Crippen molar-refractivity contribution >= 4 is 44.8 Å². The van der Waals surface area contributed by atoms with E-state index in [1.807, 2.05) is 0 Å². The summed E-state index contributed by atoms with van der Waals surface area (Å²) in [6.07, 6.45) is 0. The summed E-state index contributed by atoms with van der Waals surface area (Å²) < 4.78 is 26.3. The van der Waals surface area contributed by atoms with Crippen LogP contribution < -0.4 is 10.6 Å². The van der Waals surface area contributed by atoms with Crippen molar-refractivity contribution in [1.82, 2.24) is 9.97 Å². The maximum Gasteiger partial charge on any atom is 0.257 e. The van der Waals surface area contributed by atoms with Gasteiger partial charge in [0.05, 0.1) is 11.4 Å². The van der Waals surface area contributed by atoms with E-state index in [2.05, 4.69) is 20.6 Å². The zero-order valence-corrected chi connectivity index (χ0v) is 20.0. The van der Waals surface area contributed by atoms with Gasteiger partial charge < -0.3 is 0 Å². The number of amides is 2. The summed E-state index contributed by atoms with van der Waals surface area (Å²) in [6.45, 7) is 0. The third-order valence-corrected chi connectivity index (χ3v) is 6.63. The van der Waals surface area contributed by atoms with Crippen LogP contribution in [0.3, 0.4) is 0 Å². The molecule has 178 valence electrons. The van der Waals surface area contributed by atoms with Crippen LogP contribution in [0.15, 0.2) is 83.6 Å². The molecule has 36 heavy (non-hydrogen) atoms. The largest absolute Gasteiger partial charge is 0.298 e. The van der Waals surface area contributed by atoms with Gasteiger partial charge in [0.15, 0.2) is 10.3 Å². The first-order valence-electron chi connectivity index (χ1n) is 10.6. The molecule has 0 bridgehead atoms. The lowest BCUT2D eigenvalue weighted by Gasteiger charge is -2.05. The summed E-state index contributed by atoms with van der Waals surface area (Å²) in [5.41, 5.74) is 3.27. The van der Waals surface area contributed by atoms with Crippen molar-refractivity contribution in [1.29, 1.82) is 0 Å². The summed E-state index contributed by atoms with van der Waals surface area (Å²) in [5, 5.41) is 9.74. The number of nitrogens with zero attached hydrogens (tertiary/aromatic N) is 2. The second-order valence-corrected chi connectivity index (χ2v) is 9.29. The zero-order valence-electron chi connectivity index (χ0n) is 18.4. The Morgan fingerprint density at radius 2 is 1.06 bits per heavy atom. The standard InChI is InChI=1S/C26H16F2N4O2S2/c27-19-8-4-15(5-9-19)21-13-35-25(29-21)31-23(33)17-2-1-3-18(12-17)24(34)32-26-30-22(14-36-26)16-6-10-20(28)11-7-16/h1-14H,(H,29,31,33)(H,30,32,34). The van der Waals surface area contributed by atoms with E-state index in [1.165, 1.54) is 53.0 Å². The maximum absolute atomic E-state index is 13.1. The number of nitrogens with one attached hydrogen (secondary N) is 2. The van der Waals surface area contributed by atoms with Gasteiger partial charge in [-0.25, -0.2) is 18.7 Å². The molecule has 0 radical (unpaired) electrons. The molecule has 0 aliphatic carbocycles. The molecule has 10 heteroatoms. The molecule has 3 aromatic carbocycles. The molecule has 0 atom stereocenters. The molecule has 6 nitrogen and oxygen atoms in total. The molecule has 0 aliphatic rings. The van der Waals surface area contributed by atoms with E-state index < -0.39 is 11.8 Å². The fraction of sp³-hybridized carbons (Fsp3) is 0. The molecular weight excluding hydrogens is 502 g/mol. The number of hydrogen-bond donors (Lipinski definition) is 2. The van der Waals surface area contributed by atoms with Crippen molar-refractivity contribution in [2.24, 2.45) is 0 Å². The molecule has 2 amide bonds. The van der Waals surface area contributed by atoms with E-state index in [9.17, 15) is 18.4 Å². The average molecular weight is 519 g/mol. The van der Waals surface area contributed by atoms with Gasteiger partial charge in [-0.2, -0.15) is 0 Å². The molecular formula is C26H16F2N4O2S2. The number of aromatic nitrogens is 2. The Labute approximate surface area is 212 Å². The number of anilines is 2. The molecule has 0 spiro atoms. The number of carbonyl (C=O) groups is 2. The molecule has 0 unspecified atom stereocenters. The highest BCUT2D eigenvalue weighted by molar-refractivity contribution is 7.14.